The van der Waals surface area contributed by atoms with E-state index in [0.717, 1.165) is 0 Å². The summed E-state index contributed by atoms with van der Waals surface area (Å²) >= 11 is 5.96. The van der Waals surface area contributed by atoms with Crippen molar-refractivity contribution in [2.45, 2.75) is 29.3 Å². The molecule has 1 fully saturated rings. The SMILES string of the molecule is CC(=O)OC(c1cn2c(n1)sc1cc(F)ccc12)C1(Br)C(=O)N2C(C(=O)OCc3ccc([N+](=O)[O-])cc3)=CSC21. The number of thiazole rings is 1. The predicted octanol–water partition coefficient (Wildman–Crippen LogP) is 4.83. The summed E-state index contributed by atoms with van der Waals surface area (Å²) in [5.41, 5.74) is 1.50. The van der Waals surface area contributed by atoms with Crippen molar-refractivity contribution in [2.24, 2.45) is 0 Å². The van der Waals surface area contributed by atoms with Crippen LogP contribution in [0.15, 0.2) is 59.8 Å². The number of nitrogens with zero attached hydrogens (tertiary/aromatic N) is 4. The van der Waals surface area contributed by atoms with E-state index in [9.17, 15) is 28.9 Å². The van der Waals surface area contributed by atoms with Gasteiger partial charge in [0.05, 0.1) is 15.1 Å². The van der Waals surface area contributed by atoms with E-state index >= 15 is 0 Å². The number of carbonyl (C=O) groups excluding carboxylic acids is 3. The lowest BCUT2D eigenvalue weighted by molar-refractivity contribution is -0.384. The Morgan fingerprint density at radius 3 is 2.73 bits per heavy atom. The first-order valence-corrected chi connectivity index (χ1v) is 14.2. The zero-order valence-corrected chi connectivity index (χ0v) is 23.5. The molecule has 2 aliphatic heterocycles. The van der Waals surface area contributed by atoms with Gasteiger partial charge in [-0.15, -0.1) is 11.8 Å². The molecule has 0 N–H and O–H groups in total. The first-order valence-electron chi connectivity index (χ1n) is 11.6. The third-order valence-electron chi connectivity index (χ3n) is 6.44. The molecule has 15 heteroatoms. The first-order chi connectivity index (χ1) is 19.1. The minimum atomic E-state index is -1.42. The number of alkyl halides is 1. The van der Waals surface area contributed by atoms with Crippen molar-refractivity contribution in [3.05, 3.63) is 87.0 Å². The van der Waals surface area contributed by atoms with Gasteiger partial charge in [0, 0.05) is 30.7 Å². The summed E-state index contributed by atoms with van der Waals surface area (Å²) in [6.07, 6.45) is 0.517. The molecule has 3 atom stereocenters. The number of esters is 2. The number of aromatic nitrogens is 2. The van der Waals surface area contributed by atoms with E-state index in [1.165, 1.54) is 76.7 Å². The molecule has 2 aromatic carbocycles. The summed E-state index contributed by atoms with van der Waals surface area (Å²) in [4.78, 5) is 55.2. The molecule has 11 nitrogen and oxygen atoms in total. The predicted molar refractivity (Wildman–Crippen MR) is 146 cm³/mol. The molecule has 4 aromatic rings. The number of ether oxygens (including phenoxy) is 2. The minimum Gasteiger partial charge on any atom is -0.456 e. The van der Waals surface area contributed by atoms with Crippen LogP contribution in [0.25, 0.3) is 15.2 Å². The van der Waals surface area contributed by atoms with Crippen LogP contribution in [0.4, 0.5) is 10.1 Å². The second-order valence-electron chi connectivity index (χ2n) is 8.96. The molecule has 40 heavy (non-hydrogen) atoms. The Bertz CT molecular complexity index is 1770. The van der Waals surface area contributed by atoms with Crippen molar-refractivity contribution in [3.8, 4) is 0 Å². The van der Waals surface area contributed by atoms with Crippen molar-refractivity contribution >= 4 is 77.7 Å². The average molecular weight is 647 g/mol. The summed E-state index contributed by atoms with van der Waals surface area (Å²) in [6, 6.07) is 9.91. The molecule has 0 spiro atoms. The van der Waals surface area contributed by atoms with E-state index in [0.29, 0.717) is 26.4 Å². The van der Waals surface area contributed by atoms with Crippen molar-refractivity contribution in [3.63, 3.8) is 0 Å². The number of non-ortho nitro benzene ring substituents is 1. The lowest BCUT2D eigenvalue weighted by atomic mass is 9.89. The van der Waals surface area contributed by atoms with E-state index in [4.69, 9.17) is 9.47 Å². The Kier molecular flexibility index (Phi) is 6.39. The summed E-state index contributed by atoms with van der Waals surface area (Å²) < 4.78 is 25.6. The summed E-state index contributed by atoms with van der Waals surface area (Å²) in [7, 11) is 0. The molecule has 0 radical (unpaired) electrons. The molecule has 2 aliphatic rings. The van der Waals surface area contributed by atoms with E-state index in [1.807, 2.05) is 0 Å². The highest BCUT2D eigenvalue weighted by atomic mass is 79.9. The van der Waals surface area contributed by atoms with Crippen LogP contribution in [0, 0.1) is 15.9 Å². The first kappa shape index (κ1) is 26.4. The number of nitro groups is 1. The molecule has 1 saturated heterocycles. The van der Waals surface area contributed by atoms with E-state index < -0.39 is 38.6 Å². The number of nitro benzene ring substituents is 1. The number of benzene rings is 2. The number of amides is 1. The number of imidazole rings is 1. The van der Waals surface area contributed by atoms with Gasteiger partial charge in [0.1, 0.15) is 29.2 Å². The van der Waals surface area contributed by atoms with Crippen LogP contribution < -0.4 is 0 Å². The average Bonchev–Trinajstić information content (AvgIpc) is 3.61. The topological polar surface area (TPSA) is 133 Å². The molecule has 4 heterocycles. The van der Waals surface area contributed by atoms with Gasteiger partial charge >= 0.3 is 11.9 Å². The third kappa shape index (κ3) is 4.15. The van der Waals surface area contributed by atoms with E-state index in [1.54, 1.807) is 16.7 Å². The molecular formula is C25H16BrFN4O7S2. The molecular weight excluding hydrogens is 631 g/mol. The minimum absolute atomic E-state index is 0.0254. The van der Waals surface area contributed by atoms with Gasteiger partial charge in [0.15, 0.2) is 15.4 Å². The fourth-order valence-corrected chi connectivity index (χ4v) is 7.88. The van der Waals surface area contributed by atoms with Crippen molar-refractivity contribution in [1.82, 2.24) is 14.3 Å². The number of carbonyl (C=O) groups is 3. The fraction of sp³-hybridized carbons (Fsp3) is 0.200. The standard InChI is InChI=1S/C25H16BrFN4O7S2/c1-12(32)38-20(16-9-29-17-7-4-14(27)8-19(17)40-24(29)28-16)25(26)22(34)30-18(11-39-23(25)30)21(33)37-10-13-2-5-15(6-3-13)31(35)36/h2-9,11,20,23H,10H2,1H3. The van der Waals surface area contributed by atoms with Gasteiger partial charge in [-0.2, -0.15) is 0 Å². The Balaban J connectivity index is 1.22. The molecule has 3 unspecified atom stereocenters. The lowest BCUT2D eigenvalue weighted by Crippen LogP contribution is -2.70. The molecule has 0 aliphatic carbocycles. The third-order valence-corrected chi connectivity index (χ3v) is 10.2. The fourth-order valence-electron chi connectivity index (χ4n) is 4.57. The molecule has 1 amide bonds. The number of hydrogen-bond acceptors (Lipinski definition) is 10. The number of fused-ring (bicyclic) bond motifs is 4. The summed E-state index contributed by atoms with van der Waals surface area (Å²) in [6.45, 7) is 1.08. The number of rotatable bonds is 7. The Hall–Kier alpha value is -3.82. The van der Waals surface area contributed by atoms with Gasteiger partial charge < -0.3 is 9.47 Å². The number of halogens is 2. The highest BCUT2D eigenvalue weighted by Crippen LogP contribution is 2.58. The maximum Gasteiger partial charge on any atom is 0.355 e. The number of β-lactam (4-membered cyclic amide) rings is 1. The molecule has 0 bridgehead atoms. The van der Waals surface area contributed by atoms with Crippen LogP contribution in [-0.4, -0.2) is 46.8 Å². The Labute approximate surface area is 240 Å². The molecule has 2 aromatic heterocycles. The van der Waals surface area contributed by atoms with Crippen LogP contribution in [0.5, 0.6) is 0 Å². The summed E-state index contributed by atoms with van der Waals surface area (Å²) in [5.74, 6) is -2.27. The number of thioether (sulfide) groups is 1. The highest BCUT2D eigenvalue weighted by molar-refractivity contribution is 9.10. The van der Waals surface area contributed by atoms with Gasteiger partial charge in [-0.3, -0.25) is 29.0 Å². The monoisotopic (exact) mass is 646 g/mol. The van der Waals surface area contributed by atoms with Crippen molar-refractivity contribution in [2.75, 3.05) is 0 Å². The zero-order valence-electron chi connectivity index (χ0n) is 20.3. The van der Waals surface area contributed by atoms with Gasteiger partial charge in [0.2, 0.25) is 0 Å². The van der Waals surface area contributed by atoms with Crippen LogP contribution in [0.2, 0.25) is 0 Å². The molecule has 204 valence electrons. The maximum atomic E-state index is 13.7. The maximum absolute atomic E-state index is 13.7. The second-order valence-corrected chi connectivity index (χ2v) is 12.2. The summed E-state index contributed by atoms with van der Waals surface area (Å²) in [5, 5.41) is 11.7. The van der Waals surface area contributed by atoms with Gasteiger partial charge in [0.25, 0.3) is 11.6 Å². The molecule has 6 rings (SSSR count). The van der Waals surface area contributed by atoms with Crippen LogP contribution in [-0.2, 0) is 30.5 Å². The lowest BCUT2D eigenvalue weighted by Gasteiger charge is -2.51. The van der Waals surface area contributed by atoms with Crippen LogP contribution in [0.1, 0.15) is 24.3 Å². The van der Waals surface area contributed by atoms with Crippen molar-refractivity contribution < 1.29 is 33.2 Å². The zero-order chi connectivity index (χ0) is 28.3. The van der Waals surface area contributed by atoms with Crippen LogP contribution >= 0.6 is 39.0 Å². The molecule has 0 saturated carbocycles. The van der Waals surface area contributed by atoms with E-state index in [2.05, 4.69) is 20.9 Å². The Morgan fingerprint density at radius 1 is 1.27 bits per heavy atom. The van der Waals surface area contributed by atoms with Gasteiger partial charge in [-0.05, 0) is 35.9 Å². The highest BCUT2D eigenvalue weighted by Gasteiger charge is 2.69. The normalized spacial score (nSPS) is 20.7. The van der Waals surface area contributed by atoms with Gasteiger partial charge in [-0.25, -0.2) is 14.2 Å². The van der Waals surface area contributed by atoms with Gasteiger partial charge in [-0.1, -0.05) is 27.3 Å². The smallest absolute Gasteiger partial charge is 0.355 e. The quantitative estimate of drug-likeness (QED) is 0.0909. The number of hydrogen-bond donors (Lipinski definition) is 0. The largest absolute Gasteiger partial charge is 0.456 e. The van der Waals surface area contributed by atoms with Crippen molar-refractivity contribution in [1.29, 1.82) is 0 Å². The Morgan fingerprint density at radius 2 is 2.02 bits per heavy atom. The van der Waals surface area contributed by atoms with E-state index in [-0.39, 0.29) is 23.8 Å². The van der Waals surface area contributed by atoms with Crippen LogP contribution in [0.3, 0.4) is 0 Å². The second kappa shape index (κ2) is 9.67.